The van der Waals surface area contributed by atoms with Crippen LogP contribution in [0.3, 0.4) is 0 Å². The third-order valence-corrected chi connectivity index (χ3v) is 4.99. The minimum Gasteiger partial charge on any atom is -0.493 e. The maximum absolute atomic E-state index is 10.5. The summed E-state index contributed by atoms with van der Waals surface area (Å²) < 4.78 is 8.85. The largest absolute Gasteiger partial charge is 0.493 e. The molecule has 7 heteroatoms. The molecule has 2 heterocycles. The quantitative estimate of drug-likeness (QED) is 0.860. The highest BCUT2D eigenvalue weighted by Crippen LogP contribution is 2.39. The summed E-state index contributed by atoms with van der Waals surface area (Å²) in [4.78, 5) is 0. The average molecular weight is 396 g/mol. The molecule has 4 nitrogen and oxygen atoms in total. The monoisotopic (exact) mass is 394 g/mol. The number of aromatic nitrogens is 2. The molecule has 0 fully saturated rings. The van der Waals surface area contributed by atoms with E-state index in [1.54, 1.807) is 18.0 Å². The van der Waals surface area contributed by atoms with Gasteiger partial charge in [-0.3, -0.25) is 4.68 Å². The molecule has 1 N–H and O–H groups in total. The summed E-state index contributed by atoms with van der Waals surface area (Å²) >= 11 is 8.39. The molecule has 2 aromatic rings. The second-order valence-corrected chi connectivity index (χ2v) is 7.35. The molecule has 2 aromatic heterocycles. The predicted molar refractivity (Wildman–Crippen MR) is 78.2 cm³/mol. The van der Waals surface area contributed by atoms with Crippen LogP contribution in [0.1, 0.15) is 24.3 Å². The van der Waals surface area contributed by atoms with Crippen molar-refractivity contribution < 1.29 is 9.84 Å². The minimum absolute atomic E-state index is 0.596. The lowest BCUT2D eigenvalue weighted by Gasteiger charge is -2.13. The van der Waals surface area contributed by atoms with E-state index in [1.165, 1.54) is 11.3 Å². The van der Waals surface area contributed by atoms with Gasteiger partial charge in [0.1, 0.15) is 11.8 Å². The summed E-state index contributed by atoms with van der Waals surface area (Å²) in [5, 5.41) is 14.7. The zero-order valence-electron chi connectivity index (χ0n) is 9.85. The van der Waals surface area contributed by atoms with Gasteiger partial charge in [-0.1, -0.05) is 0 Å². The number of thiophene rings is 1. The molecular formula is C11H12Br2N2O2S. The van der Waals surface area contributed by atoms with Crippen LogP contribution in [0, 0.1) is 0 Å². The van der Waals surface area contributed by atoms with Gasteiger partial charge in [-0.2, -0.15) is 5.10 Å². The Hall–Kier alpha value is -0.370. The Bertz CT molecular complexity index is 532. The summed E-state index contributed by atoms with van der Waals surface area (Å²) in [5.74, 6) is 0.596. The smallest absolute Gasteiger partial charge is 0.163 e. The van der Waals surface area contributed by atoms with Crippen molar-refractivity contribution >= 4 is 43.2 Å². The maximum atomic E-state index is 10.5. The zero-order valence-corrected chi connectivity index (χ0v) is 13.8. The molecule has 2 rings (SSSR count). The summed E-state index contributed by atoms with van der Waals surface area (Å²) in [6, 6.07) is 1.89. The van der Waals surface area contributed by atoms with Gasteiger partial charge in [0, 0.05) is 12.1 Å². The fourth-order valence-corrected chi connectivity index (χ4v) is 4.63. The van der Waals surface area contributed by atoms with Crippen LogP contribution in [-0.4, -0.2) is 22.0 Å². The third-order valence-electron chi connectivity index (χ3n) is 2.60. The Morgan fingerprint density at radius 3 is 2.78 bits per heavy atom. The molecule has 1 atom stereocenters. The fourth-order valence-electron chi connectivity index (χ4n) is 1.75. The van der Waals surface area contributed by atoms with E-state index in [-0.39, 0.29) is 0 Å². The van der Waals surface area contributed by atoms with Crippen molar-refractivity contribution in [3.63, 3.8) is 0 Å². The normalized spacial score (nSPS) is 12.7. The number of hydrogen-bond donors (Lipinski definition) is 1. The Balaban J connectivity index is 2.47. The first-order chi connectivity index (χ1) is 8.58. The van der Waals surface area contributed by atoms with Crippen molar-refractivity contribution in [2.24, 2.45) is 0 Å². The highest BCUT2D eigenvalue weighted by atomic mass is 79.9. The highest BCUT2D eigenvalue weighted by molar-refractivity contribution is 9.12. The number of hydrogen-bond acceptors (Lipinski definition) is 4. The van der Waals surface area contributed by atoms with E-state index in [1.807, 2.05) is 13.0 Å². The van der Waals surface area contributed by atoms with Crippen LogP contribution < -0.4 is 4.74 Å². The first-order valence-corrected chi connectivity index (χ1v) is 7.71. The van der Waals surface area contributed by atoms with Gasteiger partial charge in [-0.05, 0) is 44.8 Å². The number of ether oxygens (including phenoxy) is 1. The fraction of sp³-hybridized carbons (Fsp3) is 0.364. The van der Waals surface area contributed by atoms with Crippen molar-refractivity contribution in [3.05, 3.63) is 31.1 Å². The molecule has 0 amide bonds. The van der Waals surface area contributed by atoms with Gasteiger partial charge in [0.2, 0.25) is 0 Å². The lowest BCUT2D eigenvalue weighted by atomic mass is 10.1. The van der Waals surface area contributed by atoms with Gasteiger partial charge >= 0.3 is 0 Å². The van der Waals surface area contributed by atoms with Gasteiger partial charge in [0.15, 0.2) is 5.75 Å². The van der Waals surface area contributed by atoms with Crippen molar-refractivity contribution in [2.45, 2.75) is 19.6 Å². The first-order valence-electron chi connectivity index (χ1n) is 5.31. The van der Waals surface area contributed by atoms with Crippen LogP contribution >= 0.6 is 43.2 Å². The van der Waals surface area contributed by atoms with Crippen molar-refractivity contribution in [1.82, 2.24) is 9.78 Å². The molecule has 0 aliphatic rings. The first kappa shape index (κ1) is 14.0. The summed E-state index contributed by atoms with van der Waals surface area (Å²) in [5.41, 5.74) is 1.48. The van der Waals surface area contributed by atoms with E-state index in [0.717, 1.165) is 13.1 Å². The average Bonchev–Trinajstić information content (AvgIpc) is 2.90. The number of methoxy groups -OCH3 is 1. The zero-order chi connectivity index (χ0) is 13.3. The van der Waals surface area contributed by atoms with Crippen LogP contribution in [0.2, 0.25) is 0 Å². The third kappa shape index (κ3) is 2.49. The number of halogens is 2. The number of aryl methyl sites for hydroxylation is 1. The topological polar surface area (TPSA) is 47.3 Å². The molecule has 0 radical (unpaired) electrons. The Labute approximate surface area is 126 Å². The maximum Gasteiger partial charge on any atom is 0.163 e. The van der Waals surface area contributed by atoms with Crippen molar-refractivity contribution in [3.8, 4) is 5.75 Å². The molecule has 0 saturated carbocycles. The number of aliphatic hydroxyl groups is 1. The van der Waals surface area contributed by atoms with Crippen LogP contribution in [0.25, 0.3) is 0 Å². The number of rotatable bonds is 4. The molecule has 0 spiro atoms. The van der Waals surface area contributed by atoms with Gasteiger partial charge in [-0.25, -0.2) is 0 Å². The van der Waals surface area contributed by atoms with Crippen LogP contribution in [0.15, 0.2) is 19.8 Å². The number of aliphatic hydroxyl groups excluding tert-OH is 1. The predicted octanol–water partition coefficient (Wildman–Crippen LogP) is 3.58. The van der Waals surface area contributed by atoms with E-state index >= 15 is 0 Å². The molecule has 0 aliphatic carbocycles. The van der Waals surface area contributed by atoms with Crippen LogP contribution in [0.5, 0.6) is 5.75 Å². The van der Waals surface area contributed by atoms with E-state index in [2.05, 4.69) is 37.0 Å². The molecule has 1 unspecified atom stereocenters. The van der Waals surface area contributed by atoms with Crippen LogP contribution in [0.4, 0.5) is 0 Å². The summed E-state index contributed by atoms with van der Waals surface area (Å²) in [6.45, 7) is 2.65. The second-order valence-electron chi connectivity index (χ2n) is 3.60. The molecule has 0 aliphatic heterocycles. The van der Waals surface area contributed by atoms with Crippen molar-refractivity contribution in [2.75, 3.05) is 7.11 Å². The van der Waals surface area contributed by atoms with Crippen molar-refractivity contribution in [1.29, 1.82) is 0 Å². The standard InChI is InChI=1S/C11H12Br2N2O2S/c1-3-15-9(7(17-2)5-14-15)10(16)6-4-8(12)18-11(6)13/h4-5,10,16H,3H2,1-2H3. The molecule has 0 aromatic carbocycles. The molecule has 18 heavy (non-hydrogen) atoms. The van der Waals surface area contributed by atoms with Gasteiger partial charge in [0.25, 0.3) is 0 Å². The molecule has 0 bridgehead atoms. The SMILES string of the molecule is CCn1ncc(OC)c1C(O)c1cc(Br)sc1Br. The van der Waals surface area contributed by atoms with Gasteiger partial charge in [0.05, 0.1) is 20.9 Å². The Morgan fingerprint density at radius 2 is 2.28 bits per heavy atom. The van der Waals surface area contributed by atoms with Crippen LogP contribution in [-0.2, 0) is 6.54 Å². The van der Waals surface area contributed by atoms with E-state index in [9.17, 15) is 5.11 Å². The Morgan fingerprint density at radius 1 is 1.56 bits per heavy atom. The molecule has 98 valence electrons. The number of nitrogens with zero attached hydrogens (tertiary/aromatic N) is 2. The second kappa shape index (κ2) is 5.73. The van der Waals surface area contributed by atoms with E-state index < -0.39 is 6.10 Å². The van der Waals surface area contributed by atoms with Gasteiger partial charge < -0.3 is 9.84 Å². The lowest BCUT2D eigenvalue weighted by molar-refractivity contribution is 0.202. The lowest BCUT2D eigenvalue weighted by Crippen LogP contribution is -2.10. The minimum atomic E-state index is -0.765. The summed E-state index contributed by atoms with van der Waals surface area (Å²) in [7, 11) is 1.58. The Kier molecular flexibility index (Phi) is 4.47. The molecule has 0 saturated heterocycles. The molecular weight excluding hydrogens is 384 g/mol. The van der Waals surface area contributed by atoms with E-state index in [0.29, 0.717) is 18.0 Å². The summed E-state index contributed by atoms with van der Waals surface area (Å²) in [6.07, 6.45) is 0.858. The van der Waals surface area contributed by atoms with Gasteiger partial charge in [-0.15, -0.1) is 11.3 Å². The highest BCUT2D eigenvalue weighted by Gasteiger charge is 2.24. The van der Waals surface area contributed by atoms with E-state index in [4.69, 9.17) is 4.74 Å².